The van der Waals surface area contributed by atoms with Crippen LogP contribution in [0.2, 0.25) is 0 Å². The third-order valence-corrected chi connectivity index (χ3v) is 2.85. The monoisotopic (exact) mass is 268 g/mol. The van der Waals surface area contributed by atoms with E-state index >= 15 is 0 Å². The summed E-state index contributed by atoms with van der Waals surface area (Å²) < 4.78 is 0. The summed E-state index contributed by atoms with van der Waals surface area (Å²) >= 11 is 1.25. The summed E-state index contributed by atoms with van der Waals surface area (Å²) in [5, 5.41) is 14.0. The lowest BCUT2D eigenvalue weighted by Gasteiger charge is -2.08. The molecular formula is C12H16N2O3S. The maximum Gasteiger partial charge on any atom is 0.321 e. The minimum atomic E-state index is -0.494. The van der Waals surface area contributed by atoms with Crippen LogP contribution in [-0.2, 0) is 4.79 Å². The molecule has 0 aliphatic rings. The smallest absolute Gasteiger partial charge is 0.321 e. The Morgan fingerprint density at radius 1 is 1.39 bits per heavy atom. The summed E-state index contributed by atoms with van der Waals surface area (Å²) in [6.45, 7) is 3.62. The Morgan fingerprint density at radius 2 is 2.11 bits per heavy atom. The van der Waals surface area contributed by atoms with Gasteiger partial charge in [-0.2, -0.15) is 0 Å². The fourth-order valence-electron chi connectivity index (χ4n) is 1.18. The zero-order chi connectivity index (χ0) is 13.5. The molecule has 0 spiro atoms. The molecule has 1 aromatic carbocycles. The van der Waals surface area contributed by atoms with Gasteiger partial charge in [0.2, 0.25) is 5.91 Å². The number of urea groups is 1. The molecule has 0 saturated heterocycles. The van der Waals surface area contributed by atoms with Gasteiger partial charge in [-0.3, -0.25) is 10.1 Å². The van der Waals surface area contributed by atoms with Gasteiger partial charge in [-0.05, 0) is 32.0 Å². The number of imide groups is 1. The Hall–Kier alpha value is -1.69. The number of rotatable bonds is 4. The van der Waals surface area contributed by atoms with E-state index in [1.165, 1.54) is 11.8 Å². The second kappa shape index (κ2) is 6.90. The van der Waals surface area contributed by atoms with Crippen LogP contribution in [-0.4, -0.2) is 28.8 Å². The maximum absolute atomic E-state index is 11.4. The van der Waals surface area contributed by atoms with Crippen molar-refractivity contribution in [3.05, 3.63) is 24.3 Å². The standard InChI is InChI=1S/C12H16N2O3S/c1-8(2)13-12(17)14-11(16)7-18-10-5-3-4-9(15)6-10/h3-6,8,15H,7H2,1-2H3,(H2,13,14,16,17). The highest BCUT2D eigenvalue weighted by atomic mass is 32.2. The molecule has 98 valence electrons. The number of benzene rings is 1. The molecule has 0 unspecified atom stereocenters. The van der Waals surface area contributed by atoms with E-state index in [2.05, 4.69) is 10.6 Å². The van der Waals surface area contributed by atoms with Crippen LogP contribution in [0.1, 0.15) is 13.8 Å². The molecule has 0 atom stereocenters. The Morgan fingerprint density at radius 3 is 2.72 bits per heavy atom. The average molecular weight is 268 g/mol. The predicted octanol–water partition coefficient (Wildman–Crippen LogP) is 1.72. The van der Waals surface area contributed by atoms with Crippen LogP contribution in [0.3, 0.4) is 0 Å². The molecule has 1 aromatic rings. The largest absolute Gasteiger partial charge is 0.508 e. The summed E-state index contributed by atoms with van der Waals surface area (Å²) in [4.78, 5) is 23.4. The molecule has 0 bridgehead atoms. The van der Waals surface area contributed by atoms with E-state index in [0.717, 1.165) is 4.90 Å². The van der Waals surface area contributed by atoms with Crippen molar-refractivity contribution in [3.63, 3.8) is 0 Å². The Labute approximate surface area is 110 Å². The number of carbonyl (C=O) groups is 2. The molecule has 1 rings (SSSR count). The molecule has 0 aromatic heterocycles. The predicted molar refractivity (Wildman–Crippen MR) is 70.6 cm³/mol. The lowest BCUT2D eigenvalue weighted by molar-refractivity contribution is -0.117. The number of phenols is 1. The van der Waals surface area contributed by atoms with Gasteiger partial charge in [0.1, 0.15) is 5.75 Å². The van der Waals surface area contributed by atoms with E-state index in [1.54, 1.807) is 24.3 Å². The van der Waals surface area contributed by atoms with Gasteiger partial charge in [0, 0.05) is 10.9 Å². The molecule has 0 fully saturated rings. The Balaban J connectivity index is 2.35. The van der Waals surface area contributed by atoms with Crippen molar-refractivity contribution < 1.29 is 14.7 Å². The van der Waals surface area contributed by atoms with E-state index in [-0.39, 0.29) is 23.5 Å². The van der Waals surface area contributed by atoms with Gasteiger partial charge in [0.25, 0.3) is 0 Å². The lowest BCUT2D eigenvalue weighted by Crippen LogP contribution is -2.43. The van der Waals surface area contributed by atoms with E-state index < -0.39 is 6.03 Å². The first-order chi connectivity index (χ1) is 8.47. The highest BCUT2D eigenvalue weighted by Crippen LogP contribution is 2.21. The third kappa shape index (κ3) is 5.58. The van der Waals surface area contributed by atoms with Crippen molar-refractivity contribution in [2.24, 2.45) is 0 Å². The third-order valence-electron chi connectivity index (χ3n) is 1.86. The lowest BCUT2D eigenvalue weighted by atomic mass is 10.3. The number of hydrogen-bond acceptors (Lipinski definition) is 4. The SMILES string of the molecule is CC(C)NC(=O)NC(=O)CSc1cccc(O)c1. The van der Waals surface area contributed by atoms with Crippen LogP contribution >= 0.6 is 11.8 Å². The van der Waals surface area contributed by atoms with Crippen LogP contribution in [0.4, 0.5) is 4.79 Å². The van der Waals surface area contributed by atoms with Gasteiger partial charge < -0.3 is 10.4 Å². The van der Waals surface area contributed by atoms with Crippen molar-refractivity contribution in [1.82, 2.24) is 10.6 Å². The topological polar surface area (TPSA) is 78.4 Å². The van der Waals surface area contributed by atoms with E-state index in [1.807, 2.05) is 13.8 Å². The number of nitrogens with one attached hydrogen (secondary N) is 2. The fourth-order valence-corrected chi connectivity index (χ4v) is 1.93. The van der Waals surface area contributed by atoms with Crippen molar-refractivity contribution >= 4 is 23.7 Å². The fraction of sp³-hybridized carbons (Fsp3) is 0.333. The summed E-state index contributed by atoms with van der Waals surface area (Å²) in [6.07, 6.45) is 0. The number of thioether (sulfide) groups is 1. The molecular weight excluding hydrogens is 252 g/mol. The first kappa shape index (κ1) is 14.4. The van der Waals surface area contributed by atoms with Gasteiger partial charge in [0.15, 0.2) is 0 Å². The highest BCUT2D eigenvalue weighted by Gasteiger charge is 2.08. The Bertz CT molecular complexity index is 435. The number of aromatic hydroxyl groups is 1. The highest BCUT2D eigenvalue weighted by molar-refractivity contribution is 8.00. The van der Waals surface area contributed by atoms with Crippen molar-refractivity contribution in [3.8, 4) is 5.75 Å². The summed E-state index contributed by atoms with van der Waals surface area (Å²) in [5.41, 5.74) is 0. The molecule has 0 saturated carbocycles. The summed E-state index contributed by atoms with van der Waals surface area (Å²) in [5.74, 6) is -0.103. The first-order valence-corrected chi connectivity index (χ1v) is 6.48. The quantitative estimate of drug-likeness (QED) is 0.726. The van der Waals surface area contributed by atoms with Crippen LogP contribution in [0.15, 0.2) is 29.2 Å². The Kier molecular flexibility index (Phi) is 5.51. The van der Waals surface area contributed by atoms with E-state index in [9.17, 15) is 14.7 Å². The van der Waals surface area contributed by atoms with Crippen molar-refractivity contribution in [2.75, 3.05) is 5.75 Å². The van der Waals surface area contributed by atoms with Gasteiger partial charge >= 0.3 is 6.03 Å². The zero-order valence-corrected chi connectivity index (χ0v) is 11.1. The maximum atomic E-state index is 11.4. The molecule has 6 heteroatoms. The van der Waals surface area contributed by atoms with Crippen LogP contribution in [0.5, 0.6) is 5.75 Å². The molecule has 5 nitrogen and oxygen atoms in total. The summed E-state index contributed by atoms with van der Waals surface area (Å²) in [6, 6.07) is 6.09. The second-order valence-corrected chi connectivity index (χ2v) is 5.01. The first-order valence-electron chi connectivity index (χ1n) is 5.49. The van der Waals surface area contributed by atoms with Crippen LogP contribution < -0.4 is 10.6 Å². The van der Waals surface area contributed by atoms with Crippen LogP contribution in [0, 0.1) is 0 Å². The minimum absolute atomic E-state index is 0.0171. The molecule has 0 aliphatic carbocycles. The molecule has 0 heterocycles. The van der Waals surface area contributed by atoms with E-state index in [0.29, 0.717) is 0 Å². The molecule has 3 amide bonds. The van der Waals surface area contributed by atoms with Crippen LogP contribution in [0.25, 0.3) is 0 Å². The number of amides is 3. The summed E-state index contributed by atoms with van der Waals surface area (Å²) in [7, 11) is 0. The number of hydrogen-bond donors (Lipinski definition) is 3. The molecule has 0 aliphatic heterocycles. The normalized spacial score (nSPS) is 10.2. The van der Waals surface area contributed by atoms with Gasteiger partial charge in [0.05, 0.1) is 5.75 Å². The molecule has 0 radical (unpaired) electrons. The van der Waals surface area contributed by atoms with Gasteiger partial charge in [-0.15, -0.1) is 11.8 Å². The van der Waals surface area contributed by atoms with Crippen molar-refractivity contribution in [2.45, 2.75) is 24.8 Å². The second-order valence-electron chi connectivity index (χ2n) is 3.96. The number of phenolic OH excluding ortho intramolecular Hbond substituents is 1. The average Bonchev–Trinajstić information content (AvgIpc) is 2.25. The number of carbonyl (C=O) groups excluding carboxylic acids is 2. The van der Waals surface area contributed by atoms with Crippen molar-refractivity contribution in [1.29, 1.82) is 0 Å². The zero-order valence-electron chi connectivity index (χ0n) is 10.3. The molecule has 3 N–H and O–H groups in total. The molecule has 18 heavy (non-hydrogen) atoms. The minimum Gasteiger partial charge on any atom is -0.508 e. The van der Waals surface area contributed by atoms with Gasteiger partial charge in [-0.25, -0.2) is 4.79 Å². The van der Waals surface area contributed by atoms with Gasteiger partial charge in [-0.1, -0.05) is 6.07 Å². The van der Waals surface area contributed by atoms with E-state index in [4.69, 9.17) is 0 Å².